The highest BCUT2D eigenvalue weighted by Gasteiger charge is 2.21. The van der Waals surface area contributed by atoms with Crippen molar-refractivity contribution in [2.75, 3.05) is 13.1 Å². The highest BCUT2D eigenvalue weighted by Crippen LogP contribution is 2.13. The van der Waals surface area contributed by atoms with Crippen LogP contribution in [0.2, 0.25) is 0 Å². The molecule has 1 saturated heterocycles. The second-order valence-corrected chi connectivity index (χ2v) is 4.78. The molecule has 1 aromatic heterocycles. The number of amides is 1. The van der Waals surface area contributed by atoms with E-state index in [1.807, 2.05) is 24.3 Å². The SMILES string of the molecule is O=C1CCN(C(=O)Cn2ncc3ccccc32)CC1. The monoisotopic (exact) mass is 257 g/mol. The average molecular weight is 257 g/mol. The number of Topliss-reactive ketones (excluding diaryl/α,β-unsaturated/α-hetero) is 1. The van der Waals surface area contributed by atoms with Gasteiger partial charge in [-0.05, 0) is 6.07 Å². The molecule has 2 heterocycles. The lowest BCUT2D eigenvalue weighted by Crippen LogP contribution is -2.40. The van der Waals surface area contributed by atoms with Crippen LogP contribution in [0.5, 0.6) is 0 Å². The van der Waals surface area contributed by atoms with Crippen LogP contribution in [-0.2, 0) is 16.1 Å². The molecule has 1 amide bonds. The molecule has 0 N–H and O–H groups in total. The number of fused-ring (bicyclic) bond motifs is 1. The molecule has 0 spiro atoms. The summed E-state index contributed by atoms with van der Waals surface area (Å²) in [7, 11) is 0. The van der Waals surface area contributed by atoms with E-state index in [4.69, 9.17) is 0 Å². The maximum atomic E-state index is 12.2. The summed E-state index contributed by atoms with van der Waals surface area (Å²) >= 11 is 0. The Morgan fingerprint density at radius 2 is 1.95 bits per heavy atom. The van der Waals surface area contributed by atoms with Gasteiger partial charge in [0.25, 0.3) is 0 Å². The minimum atomic E-state index is 0.0290. The predicted molar refractivity (Wildman–Crippen MR) is 70.6 cm³/mol. The van der Waals surface area contributed by atoms with E-state index in [0.29, 0.717) is 25.9 Å². The van der Waals surface area contributed by atoms with E-state index in [1.165, 1.54) is 0 Å². The second kappa shape index (κ2) is 4.84. The Morgan fingerprint density at radius 3 is 2.74 bits per heavy atom. The highest BCUT2D eigenvalue weighted by molar-refractivity contribution is 5.84. The van der Waals surface area contributed by atoms with Crippen molar-refractivity contribution in [2.24, 2.45) is 0 Å². The maximum Gasteiger partial charge on any atom is 0.244 e. The van der Waals surface area contributed by atoms with Gasteiger partial charge in [-0.15, -0.1) is 0 Å². The van der Waals surface area contributed by atoms with Gasteiger partial charge in [-0.1, -0.05) is 18.2 Å². The first kappa shape index (κ1) is 11.9. The Bertz CT molecular complexity index is 622. The minimum absolute atomic E-state index is 0.0290. The van der Waals surface area contributed by atoms with E-state index in [-0.39, 0.29) is 18.2 Å². The van der Waals surface area contributed by atoms with Gasteiger partial charge < -0.3 is 4.90 Å². The molecule has 2 aromatic rings. The number of hydrogen-bond acceptors (Lipinski definition) is 3. The van der Waals surface area contributed by atoms with Gasteiger partial charge in [0, 0.05) is 31.3 Å². The lowest BCUT2D eigenvalue weighted by atomic mass is 10.1. The van der Waals surface area contributed by atoms with Gasteiger partial charge in [0.15, 0.2) is 0 Å². The summed E-state index contributed by atoms with van der Waals surface area (Å²) in [6.07, 6.45) is 2.72. The molecule has 0 saturated carbocycles. The van der Waals surface area contributed by atoms with Crippen molar-refractivity contribution in [3.63, 3.8) is 0 Å². The molecule has 1 aliphatic heterocycles. The third-order valence-electron chi connectivity index (χ3n) is 3.51. The smallest absolute Gasteiger partial charge is 0.244 e. The first-order chi connectivity index (χ1) is 9.24. The molecule has 1 aliphatic rings. The van der Waals surface area contributed by atoms with Crippen LogP contribution < -0.4 is 0 Å². The molecule has 1 fully saturated rings. The number of benzene rings is 1. The number of carbonyl (C=O) groups is 2. The van der Waals surface area contributed by atoms with Gasteiger partial charge in [-0.3, -0.25) is 14.3 Å². The van der Waals surface area contributed by atoms with E-state index < -0.39 is 0 Å². The van der Waals surface area contributed by atoms with E-state index in [9.17, 15) is 9.59 Å². The first-order valence-corrected chi connectivity index (χ1v) is 6.44. The zero-order chi connectivity index (χ0) is 13.2. The Labute approximate surface area is 110 Å². The van der Waals surface area contributed by atoms with Crippen LogP contribution in [0.1, 0.15) is 12.8 Å². The zero-order valence-corrected chi connectivity index (χ0v) is 10.6. The lowest BCUT2D eigenvalue weighted by molar-refractivity contribution is -0.135. The Balaban J connectivity index is 1.74. The van der Waals surface area contributed by atoms with Crippen molar-refractivity contribution in [3.8, 4) is 0 Å². The van der Waals surface area contributed by atoms with E-state index >= 15 is 0 Å². The number of likely N-dealkylation sites (tertiary alicyclic amines) is 1. The van der Waals surface area contributed by atoms with Crippen LogP contribution in [-0.4, -0.2) is 39.5 Å². The Morgan fingerprint density at radius 1 is 1.21 bits per heavy atom. The molecule has 0 aliphatic carbocycles. The maximum absolute atomic E-state index is 12.2. The normalized spacial score (nSPS) is 16.0. The standard InChI is InChI=1S/C14H15N3O2/c18-12-5-7-16(8-6-12)14(19)10-17-13-4-2-1-3-11(13)9-15-17/h1-4,9H,5-8,10H2. The number of ketones is 1. The summed E-state index contributed by atoms with van der Waals surface area (Å²) in [5, 5.41) is 5.28. The molecule has 1 aromatic carbocycles. The lowest BCUT2D eigenvalue weighted by Gasteiger charge is -2.26. The van der Waals surface area contributed by atoms with E-state index in [2.05, 4.69) is 5.10 Å². The quantitative estimate of drug-likeness (QED) is 0.813. The van der Waals surface area contributed by atoms with Gasteiger partial charge in [0.1, 0.15) is 12.3 Å². The van der Waals surface area contributed by atoms with Crippen molar-refractivity contribution < 1.29 is 9.59 Å². The molecule has 0 atom stereocenters. The molecule has 98 valence electrons. The Hall–Kier alpha value is -2.17. The van der Waals surface area contributed by atoms with Crippen LogP contribution in [0.4, 0.5) is 0 Å². The predicted octanol–water partition coefficient (Wildman–Crippen LogP) is 1.23. The minimum Gasteiger partial charge on any atom is -0.340 e. The van der Waals surface area contributed by atoms with Crippen LogP contribution in [0, 0.1) is 0 Å². The molecule has 5 nitrogen and oxygen atoms in total. The van der Waals surface area contributed by atoms with E-state index in [1.54, 1.807) is 15.8 Å². The first-order valence-electron chi connectivity index (χ1n) is 6.44. The van der Waals surface area contributed by atoms with Gasteiger partial charge in [-0.25, -0.2) is 0 Å². The molecule has 19 heavy (non-hydrogen) atoms. The number of hydrogen-bond donors (Lipinski definition) is 0. The fourth-order valence-corrected chi connectivity index (χ4v) is 2.39. The fraction of sp³-hybridized carbons (Fsp3) is 0.357. The van der Waals surface area contributed by atoms with Gasteiger partial charge >= 0.3 is 0 Å². The third kappa shape index (κ3) is 2.36. The molecule has 0 radical (unpaired) electrons. The van der Waals surface area contributed by atoms with Crippen molar-refractivity contribution in [1.29, 1.82) is 0 Å². The number of aromatic nitrogens is 2. The number of carbonyl (C=O) groups excluding carboxylic acids is 2. The molecule has 3 rings (SSSR count). The van der Waals surface area contributed by atoms with Gasteiger partial charge in [0.2, 0.25) is 5.91 Å². The van der Waals surface area contributed by atoms with E-state index in [0.717, 1.165) is 10.9 Å². The summed E-state index contributed by atoms with van der Waals surface area (Å²) in [4.78, 5) is 25.1. The Kier molecular flexibility index (Phi) is 3.03. The number of rotatable bonds is 2. The third-order valence-corrected chi connectivity index (χ3v) is 3.51. The molecule has 0 unspecified atom stereocenters. The van der Waals surface area contributed by atoms with Crippen LogP contribution >= 0.6 is 0 Å². The van der Waals surface area contributed by atoms with Crippen molar-refractivity contribution in [1.82, 2.24) is 14.7 Å². The highest BCUT2D eigenvalue weighted by atomic mass is 16.2. The van der Waals surface area contributed by atoms with Gasteiger partial charge in [-0.2, -0.15) is 5.10 Å². The summed E-state index contributed by atoms with van der Waals surface area (Å²) in [6, 6.07) is 7.81. The fourth-order valence-electron chi connectivity index (χ4n) is 2.39. The molecule has 0 bridgehead atoms. The van der Waals surface area contributed by atoms with Crippen molar-refractivity contribution >= 4 is 22.6 Å². The van der Waals surface area contributed by atoms with Crippen LogP contribution in [0.3, 0.4) is 0 Å². The summed E-state index contributed by atoms with van der Waals surface area (Å²) in [5.74, 6) is 0.273. The van der Waals surface area contributed by atoms with Gasteiger partial charge in [0.05, 0.1) is 11.7 Å². The topological polar surface area (TPSA) is 55.2 Å². The largest absolute Gasteiger partial charge is 0.340 e. The van der Waals surface area contributed by atoms with Crippen LogP contribution in [0.15, 0.2) is 30.5 Å². The molecule has 5 heteroatoms. The number of piperidine rings is 1. The van der Waals surface area contributed by atoms with Crippen LogP contribution in [0.25, 0.3) is 10.9 Å². The molecular weight excluding hydrogens is 242 g/mol. The number of nitrogens with zero attached hydrogens (tertiary/aromatic N) is 3. The molecular formula is C14H15N3O2. The summed E-state index contributed by atoms with van der Waals surface area (Å²) in [5.41, 5.74) is 0.962. The number of para-hydroxylation sites is 1. The zero-order valence-electron chi connectivity index (χ0n) is 10.6. The average Bonchev–Trinajstić information content (AvgIpc) is 2.83. The summed E-state index contributed by atoms with van der Waals surface area (Å²) in [6.45, 7) is 1.31. The summed E-state index contributed by atoms with van der Waals surface area (Å²) < 4.78 is 1.72. The van der Waals surface area contributed by atoms with Crippen molar-refractivity contribution in [2.45, 2.75) is 19.4 Å². The van der Waals surface area contributed by atoms with Crippen molar-refractivity contribution in [3.05, 3.63) is 30.5 Å². The second-order valence-electron chi connectivity index (χ2n) is 4.78.